The Kier molecular flexibility index (Phi) is 4.18. The zero-order valence-electron chi connectivity index (χ0n) is 10.7. The lowest BCUT2D eigenvalue weighted by Gasteiger charge is -2.16. The second-order valence-corrected chi connectivity index (χ2v) is 4.41. The van der Waals surface area contributed by atoms with E-state index in [9.17, 15) is 0 Å². The molecule has 1 aliphatic carbocycles. The van der Waals surface area contributed by atoms with Crippen molar-refractivity contribution in [2.24, 2.45) is 0 Å². The highest BCUT2D eigenvalue weighted by Crippen LogP contribution is 2.27. The molecule has 1 aromatic rings. The van der Waals surface area contributed by atoms with Crippen LogP contribution in [0.1, 0.15) is 45.1 Å². The minimum atomic E-state index is 0.352. The first-order valence-corrected chi connectivity index (χ1v) is 6.59. The summed E-state index contributed by atoms with van der Waals surface area (Å²) in [5.74, 6) is 1.68. The van der Waals surface area contributed by atoms with Gasteiger partial charge in [-0.2, -0.15) is 0 Å². The fourth-order valence-corrected chi connectivity index (χ4v) is 2.30. The fourth-order valence-electron chi connectivity index (χ4n) is 2.30. The molecule has 0 amide bonds. The predicted molar refractivity (Wildman–Crippen MR) is 68.5 cm³/mol. The van der Waals surface area contributed by atoms with Crippen molar-refractivity contribution in [1.29, 1.82) is 0 Å². The summed E-state index contributed by atoms with van der Waals surface area (Å²) in [5, 5.41) is 3.26. The van der Waals surface area contributed by atoms with Gasteiger partial charge in [0.1, 0.15) is 18.2 Å². The van der Waals surface area contributed by atoms with Gasteiger partial charge in [0.15, 0.2) is 0 Å². The smallest absolute Gasteiger partial charge is 0.222 e. The lowest BCUT2D eigenvalue weighted by Crippen LogP contribution is -2.15. The van der Waals surface area contributed by atoms with Crippen LogP contribution in [0.15, 0.2) is 6.33 Å². The molecule has 1 heterocycles. The first-order chi connectivity index (χ1) is 8.35. The standard InChI is InChI=1S/C13H21N3O/c1-3-11-12(14-4-2)15-9-16-13(11)17-10-7-5-6-8-10/h9-10H,3-8H2,1-2H3,(H,14,15,16). The highest BCUT2D eigenvalue weighted by molar-refractivity contribution is 5.48. The first-order valence-electron chi connectivity index (χ1n) is 6.59. The van der Waals surface area contributed by atoms with Gasteiger partial charge in [-0.3, -0.25) is 0 Å². The molecule has 0 atom stereocenters. The highest BCUT2D eigenvalue weighted by atomic mass is 16.5. The Morgan fingerprint density at radius 1 is 1.29 bits per heavy atom. The van der Waals surface area contributed by atoms with Gasteiger partial charge in [-0.05, 0) is 39.0 Å². The maximum absolute atomic E-state index is 5.99. The molecule has 2 rings (SSSR count). The Labute approximate surface area is 103 Å². The second-order valence-electron chi connectivity index (χ2n) is 4.41. The quantitative estimate of drug-likeness (QED) is 0.852. The lowest BCUT2D eigenvalue weighted by molar-refractivity contribution is 0.199. The van der Waals surface area contributed by atoms with Crippen molar-refractivity contribution in [2.45, 2.75) is 52.1 Å². The minimum Gasteiger partial charge on any atom is -0.474 e. The van der Waals surface area contributed by atoms with Crippen molar-refractivity contribution in [3.63, 3.8) is 0 Å². The third-order valence-electron chi connectivity index (χ3n) is 3.18. The van der Waals surface area contributed by atoms with Gasteiger partial charge in [0.05, 0.1) is 5.56 Å². The van der Waals surface area contributed by atoms with Gasteiger partial charge in [-0.25, -0.2) is 9.97 Å². The SMILES string of the molecule is CCNc1ncnc(OC2CCCC2)c1CC. The third kappa shape index (κ3) is 2.87. The van der Waals surface area contributed by atoms with E-state index in [-0.39, 0.29) is 0 Å². The second kappa shape index (κ2) is 5.84. The van der Waals surface area contributed by atoms with Gasteiger partial charge >= 0.3 is 0 Å². The summed E-state index contributed by atoms with van der Waals surface area (Å²) in [4.78, 5) is 8.55. The van der Waals surface area contributed by atoms with Crippen molar-refractivity contribution in [3.8, 4) is 5.88 Å². The molecule has 1 saturated carbocycles. The van der Waals surface area contributed by atoms with Crippen molar-refractivity contribution in [3.05, 3.63) is 11.9 Å². The van der Waals surface area contributed by atoms with Gasteiger partial charge in [0.2, 0.25) is 5.88 Å². The average Bonchev–Trinajstić information content (AvgIpc) is 2.83. The average molecular weight is 235 g/mol. The van der Waals surface area contributed by atoms with Gasteiger partial charge in [0.25, 0.3) is 0 Å². The molecule has 17 heavy (non-hydrogen) atoms. The molecule has 1 N–H and O–H groups in total. The number of rotatable bonds is 5. The summed E-state index contributed by atoms with van der Waals surface area (Å²) in [6.07, 6.45) is 7.69. The Morgan fingerprint density at radius 3 is 2.71 bits per heavy atom. The predicted octanol–water partition coefficient (Wildman–Crippen LogP) is 2.79. The number of hydrogen-bond donors (Lipinski definition) is 1. The van der Waals surface area contributed by atoms with Crippen molar-refractivity contribution in [1.82, 2.24) is 9.97 Å². The zero-order chi connectivity index (χ0) is 12.1. The Morgan fingerprint density at radius 2 is 2.06 bits per heavy atom. The monoisotopic (exact) mass is 235 g/mol. The molecule has 0 saturated heterocycles. The summed E-state index contributed by atoms with van der Waals surface area (Å²) in [7, 11) is 0. The van der Waals surface area contributed by atoms with Crippen LogP contribution in [0.2, 0.25) is 0 Å². The van der Waals surface area contributed by atoms with Crippen LogP contribution in [-0.4, -0.2) is 22.6 Å². The summed E-state index contributed by atoms with van der Waals surface area (Å²) in [6, 6.07) is 0. The summed E-state index contributed by atoms with van der Waals surface area (Å²) in [6.45, 7) is 5.05. The molecular weight excluding hydrogens is 214 g/mol. The molecule has 1 aromatic heterocycles. The van der Waals surface area contributed by atoms with E-state index in [2.05, 4.69) is 29.1 Å². The van der Waals surface area contributed by atoms with Crippen LogP contribution in [0.3, 0.4) is 0 Å². The maximum Gasteiger partial charge on any atom is 0.222 e. The van der Waals surface area contributed by atoms with Crippen molar-refractivity contribution < 1.29 is 4.74 Å². The summed E-state index contributed by atoms with van der Waals surface area (Å²) >= 11 is 0. The van der Waals surface area contributed by atoms with E-state index in [1.807, 2.05) is 0 Å². The van der Waals surface area contributed by atoms with Gasteiger partial charge in [-0.15, -0.1) is 0 Å². The fraction of sp³-hybridized carbons (Fsp3) is 0.692. The van der Waals surface area contributed by atoms with Crippen LogP contribution >= 0.6 is 0 Å². The van der Waals surface area contributed by atoms with Crippen LogP contribution in [0.25, 0.3) is 0 Å². The van der Waals surface area contributed by atoms with Crippen molar-refractivity contribution >= 4 is 5.82 Å². The van der Waals surface area contributed by atoms with Crippen LogP contribution in [-0.2, 0) is 6.42 Å². The molecule has 0 unspecified atom stereocenters. The van der Waals surface area contributed by atoms with Gasteiger partial charge in [0, 0.05) is 6.54 Å². The van der Waals surface area contributed by atoms with E-state index < -0.39 is 0 Å². The summed E-state index contributed by atoms with van der Waals surface area (Å²) in [5.41, 5.74) is 1.10. The lowest BCUT2D eigenvalue weighted by atomic mass is 10.2. The highest BCUT2D eigenvalue weighted by Gasteiger charge is 2.19. The van der Waals surface area contributed by atoms with Gasteiger partial charge < -0.3 is 10.1 Å². The topological polar surface area (TPSA) is 47.0 Å². The Bertz CT molecular complexity index is 362. The number of hydrogen-bond acceptors (Lipinski definition) is 4. The van der Waals surface area contributed by atoms with E-state index in [1.165, 1.54) is 12.8 Å². The number of nitrogens with one attached hydrogen (secondary N) is 1. The number of aromatic nitrogens is 2. The molecule has 1 fully saturated rings. The molecule has 1 aliphatic rings. The molecule has 0 bridgehead atoms. The van der Waals surface area contributed by atoms with Crippen molar-refractivity contribution in [2.75, 3.05) is 11.9 Å². The molecule has 94 valence electrons. The van der Waals surface area contributed by atoms with Crippen LogP contribution in [0.5, 0.6) is 5.88 Å². The van der Waals surface area contributed by atoms with E-state index in [0.717, 1.165) is 43.1 Å². The van der Waals surface area contributed by atoms with E-state index in [0.29, 0.717) is 6.10 Å². The first kappa shape index (κ1) is 12.1. The number of anilines is 1. The van der Waals surface area contributed by atoms with E-state index in [4.69, 9.17) is 4.74 Å². The van der Waals surface area contributed by atoms with Crippen LogP contribution in [0.4, 0.5) is 5.82 Å². The van der Waals surface area contributed by atoms with Crippen LogP contribution in [0, 0.1) is 0 Å². The molecule has 0 aromatic carbocycles. The van der Waals surface area contributed by atoms with E-state index >= 15 is 0 Å². The molecule has 4 nitrogen and oxygen atoms in total. The molecule has 0 radical (unpaired) electrons. The molecule has 0 spiro atoms. The van der Waals surface area contributed by atoms with Crippen LogP contribution < -0.4 is 10.1 Å². The van der Waals surface area contributed by atoms with E-state index in [1.54, 1.807) is 6.33 Å². The largest absolute Gasteiger partial charge is 0.474 e. The number of ether oxygens (including phenoxy) is 1. The molecular formula is C13H21N3O. The molecule has 0 aliphatic heterocycles. The minimum absolute atomic E-state index is 0.352. The third-order valence-corrected chi connectivity index (χ3v) is 3.18. The summed E-state index contributed by atoms with van der Waals surface area (Å²) < 4.78 is 5.99. The maximum atomic E-state index is 5.99. The zero-order valence-corrected chi connectivity index (χ0v) is 10.7. The van der Waals surface area contributed by atoms with Gasteiger partial charge in [-0.1, -0.05) is 6.92 Å². The Balaban J connectivity index is 2.16. The molecule has 4 heteroatoms. The Hall–Kier alpha value is -1.32. The normalized spacial score (nSPS) is 16.1. The number of nitrogens with zero attached hydrogens (tertiary/aromatic N) is 2.